The molecule has 1 aromatic heterocycles. The number of nitrogens with two attached hydrogens (primary N) is 1. The van der Waals surface area contributed by atoms with Crippen molar-refractivity contribution in [2.24, 2.45) is 5.73 Å². The van der Waals surface area contributed by atoms with Gasteiger partial charge in [-0.3, -0.25) is 4.57 Å². The first kappa shape index (κ1) is 12.6. The van der Waals surface area contributed by atoms with Crippen LogP contribution in [0.1, 0.15) is 5.82 Å². The van der Waals surface area contributed by atoms with Gasteiger partial charge < -0.3 is 11.1 Å². The highest BCUT2D eigenvalue weighted by Gasteiger charge is 2.08. The van der Waals surface area contributed by atoms with E-state index in [-0.39, 0.29) is 5.11 Å². The van der Waals surface area contributed by atoms with Crippen LogP contribution in [0, 0.1) is 6.92 Å². The molecule has 0 bridgehead atoms. The Morgan fingerprint density at radius 1 is 1.15 bits per heavy atom. The third kappa shape index (κ3) is 2.23. The molecule has 5 heteroatoms. The number of para-hydroxylation sites is 2. The van der Waals surface area contributed by atoms with Crippen LogP contribution in [-0.4, -0.2) is 14.7 Å². The Balaban J connectivity index is 2.07. The number of benzene rings is 2. The van der Waals surface area contributed by atoms with E-state index in [0.717, 1.165) is 28.2 Å². The zero-order chi connectivity index (χ0) is 14.1. The van der Waals surface area contributed by atoms with E-state index in [2.05, 4.69) is 20.9 Å². The van der Waals surface area contributed by atoms with E-state index in [9.17, 15) is 0 Å². The molecule has 0 unspecified atom stereocenters. The van der Waals surface area contributed by atoms with Crippen molar-refractivity contribution in [2.45, 2.75) is 6.92 Å². The van der Waals surface area contributed by atoms with Gasteiger partial charge >= 0.3 is 0 Å². The molecule has 0 amide bonds. The molecule has 3 rings (SSSR count). The lowest BCUT2D eigenvalue weighted by atomic mass is 10.2. The fourth-order valence-electron chi connectivity index (χ4n) is 2.31. The van der Waals surface area contributed by atoms with Crippen LogP contribution in [0.4, 0.5) is 5.69 Å². The summed E-state index contributed by atoms with van der Waals surface area (Å²) in [6.07, 6.45) is 0. The summed E-state index contributed by atoms with van der Waals surface area (Å²) in [6, 6.07) is 16.0. The second-order valence-electron chi connectivity index (χ2n) is 4.52. The van der Waals surface area contributed by atoms with Crippen LogP contribution in [0.15, 0.2) is 48.5 Å². The quantitative estimate of drug-likeness (QED) is 0.709. The van der Waals surface area contributed by atoms with Crippen LogP contribution in [0.3, 0.4) is 0 Å². The van der Waals surface area contributed by atoms with E-state index in [1.54, 1.807) is 0 Å². The minimum atomic E-state index is 0.266. The van der Waals surface area contributed by atoms with E-state index >= 15 is 0 Å². The summed E-state index contributed by atoms with van der Waals surface area (Å²) in [5.41, 5.74) is 9.49. The van der Waals surface area contributed by atoms with Crippen LogP contribution in [0.5, 0.6) is 0 Å². The highest BCUT2D eigenvalue weighted by atomic mass is 32.1. The number of aryl methyl sites for hydroxylation is 1. The third-order valence-corrected chi connectivity index (χ3v) is 3.22. The number of thiocarbonyl (C=S) groups is 1. The molecule has 0 saturated heterocycles. The van der Waals surface area contributed by atoms with Gasteiger partial charge in [-0.2, -0.15) is 0 Å². The van der Waals surface area contributed by atoms with Gasteiger partial charge in [0, 0.05) is 11.4 Å². The van der Waals surface area contributed by atoms with Gasteiger partial charge in [0.25, 0.3) is 0 Å². The first-order valence-corrected chi connectivity index (χ1v) is 6.67. The molecule has 0 radical (unpaired) electrons. The van der Waals surface area contributed by atoms with Gasteiger partial charge in [0.15, 0.2) is 5.11 Å². The molecule has 20 heavy (non-hydrogen) atoms. The van der Waals surface area contributed by atoms with Crippen molar-refractivity contribution in [3.63, 3.8) is 0 Å². The van der Waals surface area contributed by atoms with E-state index in [0.29, 0.717) is 0 Å². The number of nitrogens with zero attached hydrogens (tertiary/aromatic N) is 2. The Hall–Kier alpha value is -2.40. The second kappa shape index (κ2) is 4.94. The normalized spacial score (nSPS) is 10.7. The van der Waals surface area contributed by atoms with Crippen molar-refractivity contribution in [1.82, 2.24) is 9.55 Å². The maximum Gasteiger partial charge on any atom is 0.168 e. The lowest BCUT2D eigenvalue weighted by Gasteiger charge is -2.09. The lowest BCUT2D eigenvalue weighted by molar-refractivity contribution is 1.00. The number of nitrogens with one attached hydrogen (secondary N) is 1. The first-order valence-electron chi connectivity index (χ1n) is 6.26. The lowest BCUT2D eigenvalue weighted by Crippen LogP contribution is -2.18. The van der Waals surface area contributed by atoms with E-state index < -0.39 is 0 Å². The molecule has 0 saturated carbocycles. The zero-order valence-corrected chi connectivity index (χ0v) is 11.8. The zero-order valence-electron chi connectivity index (χ0n) is 11.0. The van der Waals surface area contributed by atoms with E-state index in [1.165, 1.54) is 0 Å². The highest BCUT2D eigenvalue weighted by molar-refractivity contribution is 7.80. The Bertz CT molecular complexity index is 774. The monoisotopic (exact) mass is 282 g/mol. The molecule has 4 nitrogen and oxygen atoms in total. The predicted molar refractivity (Wildman–Crippen MR) is 86.2 cm³/mol. The smallest absolute Gasteiger partial charge is 0.168 e. The molecule has 0 aliphatic heterocycles. The summed E-state index contributed by atoms with van der Waals surface area (Å²) in [6.45, 7) is 2.00. The molecule has 0 atom stereocenters. The SMILES string of the molecule is Cc1nc2ccccc2n1-c1ccc(NC(N)=S)cc1. The number of hydrogen-bond acceptors (Lipinski definition) is 2. The molecule has 3 N–H and O–H groups in total. The number of hydrogen-bond donors (Lipinski definition) is 2. The third-order valence-electron chi connectivity index (χ3n) is 3.12. The van der Waals surface area contributed by atoms with E-state index in [4.69, 9.17) is 18.0 Å². The summed E-state index contributed by atoms with van der Waals surface area (Å²) in [5.74, 6) is 0.959. The maximum absolute atomic E-state index is 5.46. The molecule has 0 aliphatic rings. The Labute approximate surface area is 122 Å². The van der Waals surface area contributed by atoms with Gasteiger partial charge in [-0.15, -0.1) is 0 Å². The Morgan fingerprint density at radius 3 is 2.55 bits per heavy atom. The minimum absolute atomic E-state index is 0.266. The molecule has 1 heterocycles. The van der Waals surface area contributed by atoms with Gasteiger partial charge in [-0.05, 0) is 55.5 Å². The highest BCUT2D eigenvalue weighted by Crippen LogP contribution is 2.22. The summed E-state index contributed by atoms with van der Waals surface area (Å²) in [5, 5.41) is 3.18. The van der Waals surface area contributed by atoms with Crippen molar-refractivity contribution < 1.29 is 0 Å². The second-order valence-corrected chi connectivity index (χ2v) is 4.96. The fourth-order valence-corrected chi connectivity index (χ4v) is 2.43. The Morgan fingerprint density at radius 2 is 1.85 bits per heavy atom. The standard InChI is InChI=1S/C15H14N4S/c1-10-17-13-4-2-3-5-14(13)19(10)12-8-6-11(7-9-12)18-15(16)20/h2-9H,1H3,(H3,16,18,20). The first-order chi connectivity index (χ1) is 9.65. The van der Waals surface area contributed by atoms with Crippen molar-refractivity contribution in [3.8, 4) is 5.69 Å². The topological polar surface area (TPSA) is 55.9 Å². The van der Waals surface area contributed by atoms with Gasteiger partial charge in [0.1, 0.15) is 5.82 Å². The summed E-state index contributed by atoms with van der Waals surface area (Å²) >= 11 is 4.83. The minimum Gasteiger partial charge on any atom is -0.376 e. The summed E-state index contributed by atoms with van der Waals surface area (Å²) in [4.78, 5) is 4.57. The summed E-state index contributed by atoms with van der Waals surface area (Å²) in [7, 11) is 0. The largest absolute Gasteiger partial charge is 0.376 e. The molecular weight excluding hydrogens is 268 g/mol. The summed E-state index contributed by atoms with van der Waals surface area (Å²) < 4.78 is 2.12. The molecular formula is C15H14N4S. The van der Waals surface area contributed by atoms with Gasteiger partial charge in [0.05, 0.1) is 11.0 Å². The number of imidazole rings is 1. The van der Waals surface area contributed by atoms with Crippen molar-refractivity contribution >= 4 is 34.1 Å². The Kier molecular flexibility index (Phi) is 3.12. The van der Waals surface area contributed by atoms with Crippen LogP contribution < -0.4 is 11.1 Å². The average molecular weight is 282 g/mol. The number of fused-ring (bicyclic) bond motifs is 1. The van der Waals surface area contributed by atoms with Crippen LogP contribution in [-0.2, 0) is 0 Å². The van der Waals surface area contributed by atoms with Gasteiger partial charge in [-0.25, -0.2) is 4.98 Å². The van der Waals surface area contributed by atoms with Crippen molar-refractivity contribution in [2.75, 3.05) is 5.32 Å². The fraction of sp³-hybridized carbons (Fsp3) is 0.0667. The number of rotatable bonds is 2. The number of anilines is 1. The predicted octanol–water partition coefficient (Wildman–Crippen LogP) is 2.99. The molecule has 0 spiro atoms. The van der Waals surface area contributed by atoms with E-state index in [1.807, 2.05) is 49.4 Å². The van der Waals surface area contributed by atoms with Crippen LogP contribution >= 0.6 is 12.2 Å². The average Bonchev–Trinajstić information content (AvgIpc) is 2.75. The van der Waals surface area contributed by atoms with Crippen molar-refractivity contribution in [1.29, 1.82) is 0 Å². The number of aromatic nitrogens is 2. The molecule has 3 aromatic rings. The van der Waals surface area contributed by atoms with Crippen LogP contribution in [0.25, 0.3) is 16.7 Å². The van der Waals surface area contributed by atoms with Crippen molar-refractivity contribution in [3.05, 3.63) is 54.4 Å². The molecule has 0 aliphatic carbocycles. The molecule has 0 fully saturated rings. The molecule has 100 valence electrons. The van der Waals surface area contributed by atoms with Gasteiger partial charge in [-0.1, -0.05) is 12.1 Å². The van der Waals surface area contributed by atoms with Crippen LogP contribution in [0.2, 0.25) is 0 Å². The molecule has 2 aromatic carbocycles. The van der Waals surface area contributed by atoms with Gasteiger partial charge in [0.2, 0.25) is 0 Å². The maximum atomic E-state index is 5.46.